The van der Waals surface area contributed by atoms with E-state index in [2.05, 4.69) is 63.3 Å². The van der Waals surface area contributed by atoms with Crippen LogP contribution in [-0.2, 0) is 13.1 Å². The zero-order chi connectivity index (χ0) is 22.6. The molecule has 0 amide bonds. The van der Waals surface area contributed by atoms with E-state index in [-0.39, 0.29) is 0 Å². The second-order valence-corrected chi connectivity index (χ2v) is 8.45. The van der Waals surface area contributed by atoms with Crippen molar-refractivity contribution in [2.45, 2.75) is 13.1 Å². The van der Waals surface area contributed by atoms with E-state index >= 15 is 0 Å². The molecule has 6 nitrogen and oxygen atoms in total. The summed E-state index contributed by atoms with van der Waals surface area (Å²) in [4.78, 5) is 0. The maximum absolute atomic E-state index is 6.24. The van der Waals surface area contributed by atoms with Gasteiger partial charge in [-0.1, -0.05) is 72.3 Å². The average molecular weight is 473 g/mol. The molecule has 0 radical (unpaired) electrons. The Bertz CT molecular complexity index is 1420. The molecule has 5 rings (SSSR count). The molecule has 3 aromatic carbocycles. The lowest BCUT2D eigenvalue weighted by molar-refractivity contribution is 0.690. The Morgan fingerprint density at radius 1 is 0.848 bits per heavy atom. The molecule has 164 valence electrons. The van der Waals surface area contributed by atoms with Crippen LogP contribution in [0.1, 0.15) is 11.1 Å². The van der Waals surface area contributed by atoms with Crippen molar-refractivity contribution in [1.29, 1.82) is 0 Å². The van der Waals surface area contributed by atoms with Gasteiger partial charge in [0, 0.05) is 23.5 Å². The molecule has 0 saturated carbocycles. The van der Waals surface area contributed by atoms with Crippen molar-refractivity contribution in [1.82, 2.24) is 19.6 Å². The second-order valence-electron chi connectivity index (χ2n) is 7.63. The van der Waals surface area contributed by atoms with Crippen molar-refractivity contribution in [3.63, 3.8) is 0 Å². The Morgan fingerprint density at radius 2 is 1.61 bits per heavy atom. The molecule has 2 heterocycles. The number of aromatic nitrogens is 4. The van der Waals surface area contributed by atoms with E-state index < -0.39 is 0 Å². The maximum atomic E-state index is 6.24. The normalized spacial score (nSPS) is 10.9. The van der Waals surface area contributed by atoms with Gasteiger partial charge in [-0.2, -0.15) is 10.2 Å². The SMILES string of the molecule is S=C(Nc1cnn(Cc2cccc3ccccc23)c1)Nc1ccn(Cc2ccccc2Cl)n1. The topological polar surface area (TPSA) is 59.7 Å². The minimum atomic E-state index is 0.447. The lowest BCUT2D eigenvalue weighted by Crippen LogP contribution is -2.19. The number of hydrogen-bond acceptors (Lipinski definition) is 3. The summed E-state index contributed by atoms with van der Waals surface area (Å²) < 4.78 is 3.71. The highest BCUT2D eigenvalue weighted by Gasteiger charge is 2.07. The summed E-state index contributed by atoms with van der Waals surface area (Å²) >= 11 is 11.7. The van der Waals surface area contributed by atoms with E-state index in [0.29, 0.717) is 24.0 Å². The van der Waals surface area contributed by atoms with Gasteiger partial charge in [0.2, 0.25) is 0 Å². The van der Waals surface area contributed by atoms with Crippen LogP contribution in [0.3, 0.4) is 0 Å². The van der Waals surface area contributed by atoms with Crippen LogP contribution in [-0.4, -0.2) is 24.7 Å². The van der Waals surface area contributed by atoms with E-state index in [1.54, 1.807) is 6.20 Å². The molecule has 33 heavy (non-hydrogen) atoms. The quantitative estimate of drug-likeness (QED) is 0.306. The summed E-state index contributed by atoms with van der Waals surface area (Å²) in [5, 5.41) is 18.9. The van der Waals surface area contributed by atoms with Crippen LogP contribution in [0.2, 0.25) is 5.02 Å². The zero-order valence-corrected chi connectivity index (χ0v) is 19.2. The van der Waals surface area contributed by atoms with Gasteiger partial charge in [0.15, 0.2) is 10.9 Å². The van der Waals surface area contributed by atoms with Gasteiger partial charge in [0.05, 0.1) is 25.0 Å². The Morgan fingerprint density at radius 3 is 2.52 bits per heavy atom. The molecule has 0 aliphatic carbocycles. The first-order valence-electron chi connectivity index (χ1n) is 10.5. The molecule has 2 N–H and O–H groups in total. The second kappa shape index (κ2) is 9.44. The van der Waals surface area contributed by atoms with Gasteiger partial charge in [-0.3, -0.25) is 9.36 Å². The summed E-state index contributed by atoms with van der Waals surface area (Å²) in [7, 11) is 0. The maximum Gasteiger partial charge on any atom is 0.176 e. The fraction of sp³-hybridized carbons (Fsp3) is 0.0800. The highest BCUT2D eigenvalue weighted by Crippen LogP contribution is 2.20. The first-order valence-corrected chi connectivity index (χ1v) is 11.3. The van der Waals surface area contributed by atoms with Crippen molar-refractivity contribution in [2.75, 3.05) is 10.6 Å². The number of benzene rings is 3. The van der Waals surface area contributed by atoms with Gasteiger partial charge < -0.3 is 10.6 Å². The van der Waals surface area contributed by atoms with Gasteiger partial charge >= 0.3 is 0 Å². The first-order chi connectivity index (χ1) is 16.1. The van der Waals surface area contributed by atoms with Crippen LogP contribution in [0.15, 0.2) is 91.4 Å². The van der Waals surface area contributed by atoms with Crippen LogP contribution in [0.4, 0.5) is 11.5 Å². The number of anilines is 2. The first kappa shape index (κ1) is 21.2. The standard InChI is InChI=1S/C25H21ClN6S/c26-23-11-4-2-7-20(23)16-31-13-12-24(30-31)29-25(33)28-21-14-27-32(17-21)15-19-9-5-8-18-6-1-3-10-22(18)19/h1-14,17H,15-16H2,(H2,28,29,30,33). The van der Waals surface area contributed by atoms with Crippen molar-refractivity contribution < 1.29 is 0 Å². The van der Waals surface area contributed by atoms with E-state index in [1.807, 2.05) is 52.1 Å². The Kier molecular flexibility index (Phi) is 6.06. The summed E-state index contributed by atoms with van der Waals surface area (Å²) in [5.41, 5.74) is 3.03. The number of nitrogens with one attached hydrogen (secondary N) is 2. The number of thiocarbonyl (C=S) groups is 1. The van der Waals surface area contributed by atoms with Crippen LogP contribution in [0.5, 0.6) is 0 Å². The molecule has 8 heteroatoms. The van der Waals surface area contributed by atoms with Crippen LogP contribution in [0, 0.1) is 0 Å². The molecule has 0 aliphatic heterocycles. The fourth-order valence-electron chi connectivity index (χ4n) is 3.72. The Labute approximate surface area is 201 Å². The molecule has 0 fully saturated rings. The van der Waals surface area contributed by atoms with Crippen LogP contribution >= 0.6 is 23.8 Å². The highest BCUT2D eigenvalue weighted by atomic mass is 35.5. The van der Waals surface area contributed by atoms with E-state index in [1.165, 1.54) is 16.3 Å². The predicted octanol–water partition coefficient (Wildman–Crippen LogP) is 5.79. The van der Waals surface area contributed by atoms with Crippen molar-refractivity contribution >= 4 is 51.2 Å². The number of fused-ring (bicyclic) bond motifs is 1. The Hall–Kier alpha value is -3.68. The summed E-state index contributed by atoms with van der Waals surface area (Å²) in [6.45, 7) is 1.26. The van der Waals surface area contributed by atoms with E-state index in [0.717, 1.165) is 16.3 Å². The minimum Gasteiger partial charge on any atom is -0.330 e. The zero-order valence-electron chi connectivity index (χ0n) is 17.6. The molecule has 0 atom stereocenters. The fourth-order valence-corrected chi connectivity index (χ4v) is 4.13. The summed E-state index contributed by atoms with van der Waals surface area (Å²) in [5.74, 6) is 0.655. The molecule has 0 saturated heterocycles. The van der Waals surface area contributed by atoms with Gasteiger partial charge in [-0.05, 0) is 40.2 Å². The number of halogens is 1. The van der Waals surface area contributed by atoms with Crippen LogP contribution in [0.25, 0.3) is 10.8 Å². The molecule has 0 aliphatic rings. The van der Waals surface area contributed by atoms with Crippen LogP contribution < -0.4 is 10.6 Å². The largest absolute Gasteiger partial charge is 0.330 e. The smallest absolute Gasteiger partial charge is 0.176 e. The molecule has 0 bridgehead atoms. The van der Waals surface area contributed by atoms with Crippen molar-refractivity contribution in [3.8, 4) is 0 Å². The minimum absolute atomic E-state index is 0.447. The average Bonchev–Trinajstić information content (AvgIpc) is 3.44. The highest BCUT2D eigenvalue weighted by molar-refractivity contribution is 7.80. The third-order valence-electron chi connectivity index (χ3n) is 5.28. The lowest BCUT2D eigenvalue weighted by atomic mass is 10.0. The molecule has 0 unspecified atom stereocenters. The third-order valence-corrected chi connectivity index (χ3v) is 5.85. The number of rotatable bonds is 6. The van der Waals surface area contributed by atoms with Gasteiger partial charge in [0.1, 0.15) is 0 Å². The van der Waals surface area contributed by atoms with E-state index in [4.69, 9.17) is 23.8 Å². The van der Waals surface area contributed by atoms with Gasteiger partial charge in [-0.25, -0.2) is 0 Å². The molecular formula is C25H21ClN6S. The van der Waals surface area contributed by atoms with Gasteiger partial charge in [-0.15, -0.1) is 0 Å². The van der Waals surface area contributed by atoms with Crippen molar-refractivity contribution in [2.24, 2.45) is 0 Å². The molecule has 5 aromatic rings. The molecule has 2 aromatic heterocycles. The third kappa shape index (κ3) is 5.05. The van der Waals surface area contributed by atoms with E-state index in [9.17, 15) is 0 Å². The van der Waals surface area contributed by atoms with Gasteiger partial charge in [0.25, 0.3) is 0 Å². The summed E-state index contributed by atoms with van der Waals surface area (Å²) in [6.07, 6.45) is 5.58. The number of nitrogens with zero attached hydrogens (tertiary/aromatic N) is 4. The number of hydrogen-bond donors (Lipinski definition) is 2. The van der Waals surface area contributed by atoms with Crippen molar-refractivity contribution in [3.05, 3.63) is 108 Å². The molecule has 0 spiro atoms. The molecular weight excluding hydrogens is 452 g/mol. The Balaban J connectivity index is 1.20. The lowest BCUT2D eigenvalue weighted by Gasteiger charge is -2.08. The predicted molar refractivity (Wildman–Crippen MR) is 138 cm³/mol. The monoisotopic (exact) mass is 472 g/mol. The summed E-state index contributed by atoms with van der Waals surface area (Å²) in [6, 6.07) is 24.3.